The Labute approximate surface area is 109 Å². The lowest BCUT2D eigenvalue weighted by Crippen LogP contribution is -2.32. The summed E-state index contributed by atoms with van der Waals surface area (Å²) in [6, 6.07) is 0. The minimum atomic E-state index is -0.476. The molecule has 0 amide bonds. The summed E-state index contributed by atoms with van der Waals surface area (Å²) in [6.45, 7) is 10.3. The predicted octanol–water partition coefficient (Wildman–Crippen LogP) is 4.11. The number of rotatable bonds is 5. The van der Waals surface area contributed by atoms with Crippen LogP contribution in [0.5, 0.6) is 0 Å². The van der Waals surface area contributed by atoms with Crippen molar-refractivity contribution < 1.29 is 9.53 Å². The minimum Gasteiger partial charge on any atom is -0.465 e. The van der Waals surface area contributed by atoms with Gasteiger partial charge in [-0.25, -0.2) is 0 Å². The van der Waals surface area contributed by atoms with Gasteiger partial charge in [0.15, 0.2) is 0 Å². The second-order valence-electron chi connectivity index (χ2n) is 5.12. The first-order valence-electron chi connectivity index (χ1n) is 5.09. The quantitative estimate of drug-likeness (QED) is 0.554. The summed E-state index contributed by atoms with van der Waals surface area (Å²) in [4.78, 5) is 11.8. The van der Waals surface area contributed by atoms with Gasteiger partial charge in [-0.05, 0) is 33.1 Å². The molecule has 0 bridgehead atoms. The standard InChI is InChI=1S/C11H20Br2O2/c1-8(2)6-15-9(14)10(3,4)7-11(5,12)13/h8H,6-7H2,1-5H3. The van der Waals surface area contributed by atoms with E-state index in [4.69, 9.17) is 4.74 Å². The highest BCUT2D eigenvalue weighted by Crippen LogP contribution is 2.39. The van der Waals surface area contributed by atoms with E-state index in [1.54, 1.807) is 0 Å². The van der Waals surface area contributed by atoms with Crippen LogP contribution in [-0.4, -0.2) is 15.8 Å². The summed E-state index contributed by atoms with van der Waals surface area (Å²) < 4.78 is 5.01. The summed E-state index contributed by atoms with van der Waals surface area (Å²) in [7, 11) is 0. The van der Waals surface area contributed by atoms with Crippen LogP contribution in [0, 0.1) is 11.3 Å². The zero-order chi connectivity index (χ0) is 12.3. The monoisotopic (exact) mass is 342 g/mol. The van der Waals surface area contributed by atoms with Gasteiger partial charge in [-0.15, -0.1) is 0 Å². The lowest BCUT2D eigenvalue weighted by atomic mass is 9.88. The van der Waals surface area contributed by atoms with Gasteiger partial charge >= 0.3 is 5.97 Å². The van der Waals surface area contributed by atoms with Crippen molar-refractivity contribution in [1.82, 2.24) is 0 Å². The maximum absolute atomic E-state index is 11.8. The molecule has 0 spiro atoms. The molecule has 0 radical (unpaired) electrons. The molecule has 0 aromatic heterocycles. The Balaban J connectivity index is 4.27. The van der Waals surface area contributed by atoms with Gasteiger partial charge in [0.2, 0.25) is 0 Å². The topological polar surface area (TPSA) is 26.3 Å². The molecule has 0 saturated heterocycles. The molecule has 0 unspecified atom stereocenters. The highest BCUT2D eigenvalue weighted by molar-refractivity contribution is 9.25. The lowest BCUT2D eigenvalue weighted by Gasteiger charge is -2.28. The van der Waals surface area contributed by atoms with Gasteiger partial charge in [-0.2, -0.15) is 0 Å². The first-order valence-corrected chi connectivity index (χ1v) is 6.68. The van der Waals surface area contributed by atoms with E-state index in [2.05, 4.69) is 31.9 Å². The average molecular weight is 344 g/mol. The van der Waals surface area contributed by atoms with Gasteiger partial charge < -0.3 is 4.74 Å². The third kappa shape index (κ3) is 7.34. The molecule has 0 aromatic carbocycles. The SMILES string of the molecule is CC(C)COC(=O)C(C)(C)CC(C)(Br)Br. The number of alkyl halides is 2. The second-order valence-corrected chi connectivity index (χ2v) is 9.69. The van der Waals surface area contributed by atoms with Crippen LogP contribution in [0.4, 0.5) is 0 Å². The van der Waals surface area contributed by atoms with Crippen LogP contribution in [0.25, 0.3) is 0 Å². The largest absolute Gasteiger partial charge is 0.465 e. The Kier molecular flexibility index (Phi) is 5.83. The van der Waals surface area contributed by atoms with E-state index in [0.717, 1.165) is 0 Å². The fourth-order valence-electron chi connectivity index (χ4n) is 1.29. The fourth-order valence-corrected chi connectivity index (χ4v) is 2.69. The highest BCUT2D eigenvalue weighted by atomic mass is 79.9. The Morgan fingerprint density at radius 3 is 2.07 bits per heavy atom. The third-order valence-electron chi connectivity index (χ3n) is 1.85. The summed E-state index contributed by atoms with van der Waals surface area (Å²) in [5.41, 5.74) is -0.476. The van der Waals surface area contributed by atoms with E-state index < -0.39 is 5.41 Å². The van der Waals surface area contributed by atoms with Crippen LogP contribution < -0.4 is 0 Å². The lowest BCUT2D eigenvalue weighted by molar-refractivity contribution is -0.155. The van der Waals surface area contributed by atoms with Crippen LogP contribution in [-0.2, 0) is 9.53 Å². The molecule has 0 atom stereocenters. The molecule has 0 N–H and O–H groups in total. The molecule has 0 heterocycles. The fraction of sp³-hybridized carbons (Fsp3) is 0.909. The molecule has 90 valence electrons. The molecule has 15 heavy (non-hydrogen) atoms. The first-order chi connectivity index (χ1) is 6.54. The van der Waals surface area contributed by atoms with Crippen LogP contribution >= 0.6 is 31.9 Å². The van der Waals surface area contributed by atoms with Gasteiger partial charge in [0.1, 0.15) is 0 Å². The van der Waals surface area contributed by atoms with Crippen molar-refractivity contribution in [3.63, 3.8) is 0 Å². The van der Waals surface area contributed by atoms with Gasteiger partial charge in [0.05, 0.1) is 15.3 Å². The summed E-state index contributed by atoms with van der Waals surface area (Å²) in [6.07, 6.45) is 0.678. The first kappa shape index (κ1) is 15.4. The van der Waals surface area contributed by atoms with Crippen LogP contribution in [0.2, 0.25) is 0 Å². The smallest absolute Gasteiger partial charge is 0.311 e. The molecule has 0 fully saturated rings. The number of carbonyl (C=O) groups excluding carboxylic acids is 1. The van der Waals surface area contributed by atoms with E-state index in [-0.39, 0.29) is 9.20 Å². The molecule has 4 heteroatoms. The number of halogens is 2. The summed E-state index contributed by atoms with van der Waals surface area (Å²) >= 11 is 6.94. The Morgan fingerprint density at radius 2 is 1.73 bits per heavy atom. The second kappa shape index (κ2) is 5.67. The van der Waals surface area contributed by atoms with E-state index in [1.807, 2.05) is 34.6 Å². The molecular formula is C11H20Br2O2. The van der Waals surface area contributed by atoms with Crippen molar-refractivity contribution in [2.45, 2.75) is 44.3 Å². The predicted molar refractivity (Wildman–Crippen MR) is 70.5 cm³/mol. The number of ether oxygens (including phenoxy) is 1. The molecule has 2 nitrogen and oxygen atoms in total. The van der Waals surface area contributed by atoms with E-state index in [9.17, 15) is 4.79 Å². The maximum Gasteiger partial charge on any atom is 0.311 e. The van der Waals surface area contributed by atoms with Crippen LogP contribution in [0.15, 0.2) is 0 Å². The van der Waals surface area contributed by atoms with Crippen LogP contribution in [0.1, 0.15) is 41.0 Å². The van der Waals surface area contributed by atoms with Crippen molar-refractivity contribution >= 4 is 37.8 Å². The third-order valence-corrected chi connectivity index (χ3v) is 2.41. The van der Waals surface area contributed by atoms with Crippen molar-refractivity contribution in [2.75, 3.05) is 6.61 Å². The molecule has 0 saturated carbocycles. The Hall–Kier alpha value is 0.430. The zero-order valence-corrected chi connectivity index (χ0v) is 13.2. The molecule has 0 aliphatic carbocycles. The van der Waals surface area contributed by atoms with Crippen molar-refractivity contribution in [3.8, 4) is 0 Å². The molecule has 0 aliphatic rings. The maximum atomic E-state index is 11.8. The van der Waals surface area contributed by atoms with Crippen molar-refractivity contribution in [3.05, 3.63) is 0 Å². The van der Waals surface area contributed by atoms with Gasteiger partial charge in [0.25, 0.3) is 0 Å². The van der Waals surface area contributed by atoms with E-state index in [0.29, 0.717) is 18.9 Å². The summed E-state index contributed by atoms with van der Waals surface area (Å²) in [5.74, 6) is 0.241. The number of carbonyl (C=O) groups is 1. The normalized spacial score (nSPS) is 13.1. The molecule has 0 rings (SSSR count). The average Bonchev–Trinajstić information content (AvgIpc) is 1.94. The number of esters is 1. The van der Waals surface area contributed by atoms with Crippen molar-refractivity contribution in [2.24, 2.45) is 11.3 Å². The van der Waals surface area contributed by atoms with Crippen LogP contribution in [0.3, 0.4) is 0 Å². The van der Waals surface area contributed by atoms with E-state index in [1.165, 1.54) is 0 Å². The Morgan fingerprint density at radius 1 is 1.27 bits per heavy atom. The van der Waals surface area contributed by atoms with Crippen molar-refractivity contribution in [1.29, 1.82) is 0 Å². The minimum absolute atomic E-state index is 0.138. The van der Waals surface area contributed by atoms with Gasteiger partial charge in [0, 0.05) is 0 Å². The van der Waals surface area contributed by atoms with Gasteiger partial charge in [-0.3, -0.25) is 4.79 Å². The Bertz CT molecular complexity index is 217. The van der Waals surface area contributed by atoms with E-state index >= 15 is 0 Å². The van der Waals surface area contributed by atoms with Gasteiger partial charge in [-0.1, -0.05) is 45.7 Å². The zero-order valence-electron chi connectivity index (χ0n) is 10.1. The molecule has 0 aliphatic heterocycles. The molecular weight excluding hydrogens is 324 g/mol. The number of hydrogen-bond donors (Lipinski definition) is 0. The summed E-state index contributed by atoms with van der Waals surface area (Å²) in [5, 5.41) is 0. The highest BCUT2D eigenvalue weighted by Gasteiger charge is 2.35. The number of hydrogen-bond acceptors (Lipinski definition) is 2. The molecule has 0 aromatic rings.